The molecule has 0 aliphatic rings. The largest absolute Gasteiger partial charge is 0.457 e. The van der Waals surface area contributed by atoms with E-state index in [1.807, 2.05) is 0 Å². The Kier molecular flexibility index (Phi) is 10.0. The Morgan fingerprint density at radius 3 is 2.11 bits per heavy atom. The van der Waals surface area contributed by atoms with Crippen molar-refractivity contribution >= 4 is 50.1 Å². The number of sulfonamides is 1. The van der Waals surface area contributed by atoms with Gasteiger partial charge < -0.3 is 15.4 Å². The van der Waals surface area contributed by atoms with Crippen molar-refractivity contribution < 1.29 is 44.4 Å². The lowest BCUT2D eigenvalue weighted by molar-refractivity contribution is -0.384. The Morgan fingerprint density at radius 2 is 1.51 bits per heavy atom. The zero-order valence-electron chi connectivity index (χ0n) is 22.4. The van der Waals surface area contributed by atoms with Crippen molar-refractivity contribution in [3.63, 3.8) is 0 Å². The number of benzene rings is 3. The number of nitro benzene ring substituents is 1. The van der Waals surface area contributed by atoms with Gasteiger partial charge in [0.05, 0.1) is 16.1 Å². The van der Waals surface area contributed by atoms with Crippen LogP contribution in [0.4, 0.5) is 37.7 Å². The molecule has 45 heavy (non-hydrogen) atoms. The van der Waals surface area contributed by atoms with E-state index in [0.29, 0.717) is 34.1 Å². The molecule has 0 saturated carbocycles. The lowest BCUT2D eigenvalue weighted by atomic mass is 10.1. The van der Waals surface area contributed by atoms with E-state index in [4.69, 9.17) is 17.0 Å². The SMILES string of the molecule is O=[N+]([O-])c1ccc(Oc2ccccc2-c2ccc(S(=O)(=O)NCCNC(=S)Nc3cc(C(F)(F)F)cc(C(F)(F)F)c3)s2)cc1. The molecule has 0 aliphatic carbocycles. The molecule has 3 aromatic carbocycles. The minimum atomic E-state index is -5.03. The second-order valence-electron chi connectivity index (χ2n) is 9.04. The van der Waals surface area contributed by atoms with E-state index >= 15 is 0 Å². The zero-order valence-corrected chi connectivity index (χ0v) is 24.9. The maximum absolute atomic E-state index is 13.1. The highest BCUT2D eigenvalue weighted by Gasteiger charge is 2.37. The molecule has 1 aromatic heterocycles. The van der Waals surface area contributed by atoms with Gasteiger partial charge in [-0.3, -0.25) is 10.1 Å². The second-order valence-corrected chi connectivity index (χ2v) is 12.5. The van der Waals surface area contributed by atoms with Gasteiger partial charge in [-0.2, -0.15) is 26.3 Å². The number of alkyl halides is 6. The number of thiocarbonyl (C=S) groups is 1. The van der Waals surface area contributed by atoms with Crippen molar-refractivity contribution in [3.8, 4) is 21.9 Å². The number of thiophene rings is 1. The molecule has 0 aliphatic heterocycles. The van der Waals surface area contributed by atoms with Crippen LogP contribution in [0, 0.1) is 10.1 Å². The van der Waals surface area contributed by atoms with Gasteiger partial charge in [0, 0.05) is 41.4 Å². The van der Waals surface area contributed by atoms with Crippen LogP contribution in [0.25, 0.3) is 10.4 Å². The first-order valence-electron chi connectivity index (χ1n) is 12.5. The van der Waals surface area contributed by atoms with Crippen LogP contribution in [0.3, 0.4) is 0 Å². The highest BCUT2D eigenvalue weighted by molar-refractivity contribution is 7.91. The molecule has 9 nitrogen and oxygen atoms in total. The molecular weight excluding hydrogens is 671 g/mol. The Balaban J connectivity index is 1.36. The van der Waals surface area contributed by atoms with Crippen LogP contribution in [0.5, 0.6) is 11.5 Å². The third kappa shape index (κ3) is 8.90. The summed E-state index contributed by atoms with van der Waals surface area (Å²) in [5, 5.41) is 15.3. The summed E-state index contributed by atoms with van der Waals surface area (Å²) in [6.07, 6.45) is -10.1. The summed E-state index contributed by atoms with van der Waals surface area (Å²) < 4.78 is 112. The van der Waals surface area contributed by atoms with Crippen LogP contribution in [-0.2, 0) is 22.4 Å². The summed E-state index contributed by atoms with van der Waals surface area (Å²) >= 11 is 5.88. The molecule has 3 N–H and O–H groups in total. The molecule has 0 amide bonds. The van der Waals surface area contributed by atoms with Crippen molar-refractivity contribution in [3.05, 3.63) is 100 Å². The van der Waals surface area contributed by atoms with Gasteiger partial charge in [-0.25, -0.2) is 13.1 Å². The number of ether oxygens (including phenoxy) is 1. The number of non-ortho nitro benzene ring substituents is 1. The van der Waals surface area contributed by atoms with Gasteiger partial charge in [0.1, 0.15) is 15.7 Å². The van der Waals surface area contributed by atoms with Gasteiger partial charge in [-0.05, 0) is 66.8 Å². The van der Waals surface area contributed by atoms with E-state index < -0.39 is 44.1 Å². The van der Waals surface area contributed by atoms with Crippen LogP contribution in [-0.4, -0.2) is 31.5 Å². The number of nitro groups is 1. The lowest BCUT2D eigenvalue weighted by Gasteiger charge is -2.16. The lowest BCUT2D eigenvalue weighted by Crippen LogP contribution is -2.36. The summed E-state index contributed by atoms with van der Waals surface area (Å²) in [4.78, 5) is 10.9. The van der Waals surface area contributed by atoms with Crippen LogP contribution in [0.15, 0.2) is 83.1 Å². The summed E-state index contributed by atoms with van der Waals surface area (Å²) in [5.74, 6) is 0.700. The molecule has 0 fully saturated rings. The second kappa shape index (κ2) is 13.4. The molecule has 0 bridgehead atoms. The van der Waals surface area contributed by atoms with Gasteiger partial charge in [0.15, 0.2) is 5.11 Å². The van der Waals surface area contributed by atoms with Crippen LogP contribution in [0.2, 0.25) is 0 Å². The number of halogens is 6. The van der Waals surface area contributed by atoms with Gasteiger partial charge in [-0.15, -0.1) is 11.3 Å². The maximum Gasteiger partial charge on any atom is 0.416 e. The van der Waals surface area contributed by atoms with E-state index in [1.54, 1.807) is 30.3 Å². The molecule has 18 heteroatoms. The number of rotatable bonds is 10. The normalized spacial score (nSPS) is 12.0. The molecule has 0 atom stereocenters. The fourth-order valence-corrected chi connectivity index (χ4v) is 6.40. The average Bonchev–Trinajstić information content (AvgIpc) is 3.46. The van der Waals surface area contributed by atoms with E-state index in [2.05, 4.69) is 15.4 Å². The molecule has 1 heterocycles. The Labute approximate surface area is 261 Å². The quantitative estimate of drug-likeness (QED) is 0.0517. The predicted octanol–water partition coefficient (Wildman–Crippen LogP) is 7.42. The van der Waals surface area contributed by atoms with E-state index in [0.717, 1.165) is 11.3 Å². The third-order valence-electron chi connectivity index (χ3n) is 5.82. The number of nitrogens with zero attached hydrogens (tertiary/aromatic N) is 1. The first kappa shape index (κ1) is 33.6. The first-order valence-corrected chi connectivity index (χ1v) is 15.2. The van der Waals surface area contributed by atoms with Gasteiger partial charge >= 0.3 is 12.4 Å². The van der Waals surface area contributed by atoms with Crippen molar-refractivity contribution in [2.45, 2.75) is 16.6 Å². The highest BCUT2D eigenvalue weighted by Crippen LogP contribution is 2.39. The number of nitrogens with one attached hydrogen (secondary N) is 3. The molecular formula is C27H20F6N4O5S3. The highest BCUT2D eigenvalue weighted by atomic mass is 32.2. The minimum absolute atomic E-state index is 0.0168. The number of anilines is 1. The van der Waals surface area contributed by atoms with Gasteiger partial charge in [0.2, 0.25) is 10.0 Å². The van der Waals surface area contributed by atoms with Crippen LogP contribution in [0.1, 0.15) is 11.1 Å². The molecule has 0 saturated heterocycles. The monoisotopic (exact) mass is 690 g/mol. The molecule has 4 aromatic rings. The van der Waals surface area contributed by atoms with E-state index in [1.165, 1.54) is 30.3 Å². The van der Waals surface area contributed by atoms with Crippen molar-refractivity contribution in [2.75, 3.05) is 18.4 Å². The average molecular weight is 691 g/mol. The summed E-state index contributed by atoms with van der Waals surface area (Å²) in [6, 6.07) is 16.1. The zero-order chi connectivity index (χ0) is 33.0. The van der Waals surface area contributed by atoms with E-state index in [9.17, 15) is 44.9 Å². The molecule has 0 radical (unpaired) electrons. The van der Waals surface area contributed by atoms with Gasteiger partial charge in [0.25, 0.3) is 5.69 Å². The molecule has 4 rings (SSSR count). The van der Waals surface area contributed by atoms with Crippen LogP contribution < -0.4 is 20.1 Å². The molecule has 0 spiro atoms. The summed E-state index contributed by atoms with van der Waals surface area (Å²) in [5.41, 5.74) is -3.15. The summed E-state index contributed by atoms with van der Waals surface area (Å²) in [7, 11) is -4.02. The smallest absolute Gasteiger partial charge is 0.416 e. The topological polar surface area (TPSA) is 123 Å². The molecule has 0 unspecified atom stereocenters. The number of para-hydroxylation sites is 1. The maximum atomic E-state index is 13.1. The fourth-order valence-electron chi connectivity index (χ4n) is 3.77. The minimum Gasteiger partial charge on any atom is -0.457 e. The standard InChI is InChI=1S/C27H20F6N4O5S3/c28-26(29,30)16-13-17(27(31,32)33)15-18(14-16)36-25(43)34-11-12-35-45(40,41)24-10-9-23(44-24)21-3-1-2-4-22(21)42-20-7-5-19(6-8-20)37(38)39/h1-10,13-15,35H,11-12H2,(H2,34,36,43). The Bertz CT molecular complexity index is 1780. The molecule has 238 valence electrons. The first-order chi connectivity index (χ1) is 21.0. The third-order valence-corrected chi connectivity index (χ3v) is 9.14. The predicted molar refractivity (Wildman–Crippen MR) is 159 cm³/mol. The number of hydrogen-bond acceptors (Lipinski definition) is 7. The van der Waals surface area contributed by atoms with Crippen molar-refractivity contribution in [2.24, 2.45) is 0 Å². The Morgan fingerprint density at radius 1 is 0.889 bits per heavy atom. The van der Waals surface area contributed by atoms with Crippen molar-refractivity contribution in [1.29, 1.82) is 0 Å². The Hall–Kier alpha value is -4.26. The fraction of sp³-hybridized carbons (Fsp3) is 0.148. The van der Waals surface area contributed by atoms with E-state index in [-0.39, 0.29) is 34.2 Å². The summed E-state index contributed by atoms with van der Waals surface area (Å²) in [6.45, 7) is -0.381. The van der Waals surface area contributed by atoms with Gasteiger partial charge in [-0.1, -0.05) is 12.1 Å². The number of hydrogen-bond donors (Lipinski definition) is 3. The van der Waals surface area contributed by atoms with Crippen LogP contribution >= 0.6 is 23.6 Å². The van der Waals surface area contributed by atoms with Crippen molar-refractivity contribution in [1.82, 2.24) is 10.0 Å².